The summed E-state index contributed by atoms with van der Waals surface area (Å²) in [6.45, 7) is 8.01. The van der Waals surface area contributed by atoms with Crippen LogP contribution in [0.1, 0.15) is 25.0 Å². The molecule has 1 aromatic heterocycles. The van der Waals surface area contributed by atoms with Gasteiger partial charge in [0.05, 0.1) is 19.6 Å². The predicted octanol–water partition coefficient (Wildman–Crippen LogP) is 4.25. The average molecular weight is 440 g/mol. The summed E-state index contributed by atoms with van der Waals surface area (Å²) in [4.78, 5) is 25.7. The van der Waals surface area contributed by atoms with Crippen molar-refractivity contribution >= 4 is 16.9 Å². The number of hydrogen-bond acceptors (Lipinski definition) is 6. The van der Waals surface area contributed by atoms with Crippen LogP contribution in [0, 0.1) is 19.8 Å². The lowest BCUT2D eigenvalue weighted by Crippen LogP contribution is -2.32. The van der Waals surface area contributed by atoms with E-state index in [0.29, 0.717) is 40.5 Å². The predicted molar refractivity (Wildman–Crippen MR) is 124 cm³/mol. The van der Waals surface area contributed by atoms with Crippen molar-refractivity contribution in [1.29, 1.82) is 0 Å². The summed E-state index contributed by atoms with van der Waals surface area (Å²) in [5.41, 5.74) is 2.44. The number of hydrogen-bond donors (Lipinski definition) is 1. The zero-order chi connectivity index (χ0) is 23.4. The van der Waals surface area contributed by atoms with Gasteiger partial charge in [-0.3, -0.25) is 9.59 Å². The molecule has 1 N–H and O–H groups in total. The average Bonchev–Trinajstić information content (AvgIpc) is 2.75. The summed E-state index contributed by atoms with van der Waals surface area (Å²) >= 11 is 0. The second kappa shape index (κ2) is 9.77. The number of rotatable bonds is 8. The Morgan fingerprint density at radius 2 is 1.78 bits per heavy atom. The zero-order valence-electron chi connectivity index (χ0n) is 19.3. The van der Waals surface area contributed by atoms with Gasteiger partial charge in [0.1, 0.15) is 5.58 Å². The van der Waals surface area contributed by atoms with Crippen LogP contribution < -0.4 is 25.0 Å². The fourth-order valence-electron chi connectivity index (χ4n) is 3.48. The van der Waals surface area contributed by atoms with Gasteiger partial charge in [0.25, 0.3) is 5.91 Å². The van der Waals surface area contributed by atoms with E-state index in [0.717, 1.165) is 11.1 Å². The standard InChI is InChI=1S/C25H29NO6/c1-14(2)12-26-21(27)13-31-25-23(28)22-16(4)9-15(3)10-20(22)32-24(25)17-7-8-18(29-5)19(11-17)30-6/h7-11,14H,12-13H2,1-6H3,(H,26,27). The molecule has 1 amide bonds. The van der Waals surface area contributed by atoms with Gasteiger partial charge in [-0.1, -0.05) is 19.9 Å². The number of methoxy groups -OCH3 is 2. The Morgan fingerprint density at radius 3 is 2.44 bits per heavy atom. The highest BCUT2D eigenvalue weighted by Gasteiger charge is 2.21. The summed E-state index contributed by atoms with van der Waals surface area (Å²) in [5.74, 6) is 1.23. The summed E-state index contributed by atoms with van der Waals surface area (Å²) in [6, 6.07) is 8.90. The van der Waals surface area contributed by atoms with E-state index in [-0.39, 0.29) is 29.5 Å². The molecule has 3 rings (SSSR count). The number of carbonyl (C=O) groups excluding carboxylic acids is 1. The number of aryl methyl sites for hydroxylation is 2. The second-order valence-electron chi connectivity index (χ2n) is 8.10. The first-order chi connectivity index (χ1) is 15.2. The summed E-state index contributed by atoms with van der Waals surface area (Å²) in [6.07, 6.45) is 0. The van der Waals surface area contributed by atoms with Crippen LogP contribution in [0.15, 0.2) is 39.5 Å². The van der Waals surface area contributed by atoms with Crippen molar-refractivity contribution in [2.24, 2.45) is 5.92 Å². The largest absolute Gasteiger partial charge is 0.493 e. The molecule has 1 heterocycles. The summed E-state index contributed by atoms with van der Waals surface area (Å²) in [5, 5.41) is 3.22. The normalized spacial score (nSPS) is 11.0. The Morgan fingerprint density at radius 1 is 1.06 bits per heavy atom. The summed E-state index contributed by atoms with van der Waals surface area (Å²) in [7, 11) is 3.07. The Hall–Kier alpha value is -3.48. The van der Waals surface area contributed by atoms with E-state index in [2.05, 4.69) is 5.32 Å². The lowest BCUT2D eigenvalue weighted by molar-refractivity contribution is -0.123. The maximum Gasteiger partial charge on any atom is 0.257 e. The smallest absolute Gasteiger partial charge is 0.257 e. The first-order valence-electron chi connectivity index (χ1n) is 10.4. The van der Waals surface area contributed by atoms with Crippen molar-refractivity contribution in [1.82, 2.24) is 5.32 Å². The van der Waals surface area contributed by atoms with Crippen LogP contribution >= 0.6 is 0 Å². The first-order valence-corrected chi connectivity index (χ1v) is 10.4. The van der Waals surface area contributed by atoms with Gasteiger partial charge in [0.2, 0.25) is 11.2 Å². The minimum absolute atomic E-state index is 0.0173. The van der Waals surface area contributed by atoms with E-state index in [4.69, 9.17) is 18.6 Å². The Bertz CT molecular complexity index is 1200. The molecule has 170 valence electrons. The van der Waals surface area contributed by atoms with E-state index in [1.165, 1.54) is 7.11 Å². The number of carbonyl (C=O) groups is 1. The van der Waals surface area contributed by atoms with Gasteiger partial charge >= 0.3 is 0 Å². The van der Waals surface area contributed by atoms with E-state index < -0.39 is 0 Å². The Kier molecular flexibility index (Phi) is 7.08. The molecule has 0 atom stereocenters. The highest BCUT2D eigenvalue weighted by Crippen LogP contribution is 2.37. The molecule has 0 aliphatic heterocycles. The van der Waals surface area contributed by atoms with Gasteiger partial charge in [0.15, 0.2) is 23.9 Å². The monoisotopic (exact) mass is 439 g/mol. The maximum atomic E-state index is 13.4. The van der Waals surface area contributed by atoms with Crippen molar-refractivity contribution in [2.75, 3.05) is 27.4 Å². The van der Waals surface area contributed by atoms with Gasteiger partial charge in [-0.15, -0.1) is 0 Å². The molecule has 0 radical (unpaired) electrons. The van der Waals surface area contributed by atoms with Crippen molar-refractivity contribution in [3.63, 3.8) is 0 Å². The number of ether oxygens (including phenoxy) is 3. The highest BCUT2D eigenvalue weighted by molar-refractivity contribution is 5.86. The van der Waals surface area contributed by atoms with E-state index in [9.17, 15) is 9.59 Å². The van der Waals surface area contributed by atoms with Crippen LogP contribution in [-0.2, 0) is 4.79 Å². The second-order valence-corrected chi connectivity index (χ2v) is 8.10. The molecule has 0 aliphatic rings. The molecule has 0 unspecified atom stereocenters. The van der Waals surface area contributed by atoms with Crippen LogP contribution in [0.4, 0.5) is 0 Å². The minimum atomic E-state index is -0.329. The lowest BCUT2D eigenvalue weighted by Gasteiger charge is -2.15. The molecule has 7 nitrogen and oxygen atoms in total. The van der Waals surface area contributed by atoms with E-state index in [1.807, 2.05) is 39.8 Å². The van der Waals surface area contributed by atoms with Gasteiger partial charge in [-0.25, -0.2) is 0 Å². The van der Waals surface area contributed by atoms with Gasteiger partial charge in [-0.2, -0.15) is 0 Å². The van der Waals surface area contributed by atoms with Crippen molar-refractivity contribution in [3.8, 4) is 28.6 Å². The van der Waals surface area contributed by atoms with E-state index in [1.54, 1.807) is 25.3 Å². The van der Waals surface area contributed by atoms with Crippen molar-refractivity contribution in [3.05, 3.63) is 51.7 Å². The molecule has 7 heteroatoms. The third-order valence-electron chi connectivity index (χ3n) is 5.00. The molecular formula is C25H29NO6. The molecule has 0 fully saturated rings. The highest BCUT2D eigenvalue weighted by atomic mass is 16.5. The van der Waals surface area contributed by atoms with Crippen LogP contribution in [0.3, 0.4) is 0 Å². The number of nitrogens with one attached hydrogen (secondary N) is 1. The van der Waals surface area contributed by atoms with Crippen LogP contribution in [0.5, 0.6) is 17.2 Å². The molecule has 32 heavy (non-hydrogen) atoms. The lowest BCUT2D eigenvalue weighted by atomic mass is 10.0. The summed E-state index contributed by atoms with van der Waals surface area (Å²) < 4.78 is 22.6. The van der Waals surface area contributed by atoms with Crippen molar-refractivity contribution < 1.29 is 23.4 Å². The molecule has 3 aromatic rings. The third kappa shape index (κ3) is 4.88. The number of amides is 1. The molecule has 0 saturated carbocycles. The Labute approximate surface area is 187 Å². The minimum Gasteiger partial charge on any atom is -0.493 e. The number of benzene rings is 2. The first kappa shape index (κ1) is 23.2. The van der Waals surface area contributed by atoms with Crippen LogP contribution in [0.25, 0.3) is 22.3 Å². The number of fused-ring (bicyclic) bond motifs is 1. The maximum absolute atomic E-state index is 13.4. The van der Waals surface area contributed by atoms with Crippen molar-refractivity contribution in [2.45, 2.75) is 27.7 Å². The fourth-order valence-corrected chi connectivity index (χ4v) is 3.48. The SMILES string of the molecule is COc1ccc(-c2oc3cc(C)cc(C)c3c(=O)c2OCC(=O)NCC(C)C)cc1OC. The molecule has 2 aromatic carbocycles. The third-order valence-corrected chi connectivity index (χ3v) is 5.00. The molecular weight excluding hydrogens is 410 g/mol. The van der Waals surface area contributed by atoms with E-state index >= 15 is 0 Å². The topological polar surface area (TPSA) is 87.0 Å². The fraction of sp³-hybridized carbons (Fsp3) is 0.360. The zero-order valence-corrected chi connectivity index (χ0v) is 19.3. The van der Waals surface area contributed by atoms with Gasteiger partial charge in [0, 0.05) is 12.1 Å². The quantitative estimate of drug-likeness (QED) is 0.565. The van der Waals surface area contributed by atoms with Gasteiger partial charge < -0.3 is 23.9 Å². The van der Waals surface area contributed by atoms with Crippen LogP contribution in [0.2, 0.25) is 0 Å². The molecule has 0 bridgehead atoms. The molecule has 0 spiro atoms. The molecule has 0 saturated heterocycles. The molecule has 0 aliphatic carbocycles. The Balaban J connectivity index is 2.14. The van der Waals surface area contributed by atoms with Gasteiger partial charge in [-0.05, 0) is 55.2 Å². The van der Waals surface area contributed by atoms with Crippen LogP contribution in [-0.4, -0.2) is 33.3 Å².